The minimum Gasteiger partial charge on any atom is -0.303 e. The molecule has 1 fully saturated rings. The molecule has 23 heavy (non-hydrogen) atoms. The molecule has 0 saturated heterocycles. The first-order chi connectivity index (χ1) is 11.3. The van der Waals surface area contributed by atoms with Gasteiger partial charge in [0.15, 0.2) is 5.78 Å². The van der Waals surface area contributed by atoms with E-state index in [-0.39, 0.29) is 23.5 Å². The summed E-state index contributed by atoms with van der Waals surface area (Å²) in [6.07, 6.45) is 0.936. The van der Waals surface area contributed by atoms with Crippen LogP contribution in [0.4, 0.5) is 0 Å². The van der Waals surface area contributed by atoms with Gasteiger partial charge < -0.3 is 4.79 Å². The van der Waals surface area contributed by atoms with Gasteiger partial charge in [0.2, 0.25) is 0 Å². The molecular formula is C21H16O2. The number of carbonyl (C=O) groups is 2. The van der Waals surface area contributed by atoms with Gasteiger partial charge in [-0.1, -0.05) is 72.8 Å². The lowest BCUT2D eigenvalue weighted by molar-refractivity contribution is -0.109. The first-order valence-electron chi connectivity index (χ1n) is 7.83. The van der Waals surface area contributed by atoms with Crippen molar-refractivity contribution in [2.45, 2.75) is 5.92 Å². The highest BCUT2D eigenvalue weighted by atomic mass is 16.1. The van der Waals surface area contributed by atoms with Crippen LogP contribution in [0.5, 0.6) is 0 Å². The Morgan fingerprint density at radius 2 is 1.52 bits per heavy atom. The zero-order valence-corrected chi connectivity index (χ0v) is 12.6. The van der Waals surface area contributed by atoms with Crippen LogP contribution in [-0.2, 0) is 4.79 Å². The van der Waals surface area contributed by atoms with E-state index in [4.69, 9.17) is 0 Å². The molecule has 1 aliphatic carbocycles. The van der Waals surface area contributed by atoms with Gasteiger partial charge in [0, 0.05) is 23.3 Å². The zero-order chi connectivity index (χ0) is 15.8. The van der Waals surface area contributed by atoms with Gasteiger partial charge in [-0.15, -0.1) is 0 Å². The molecule has 3 aromatic carbocycles. The predicted octanol–water partition coefficient (Wildman–Crippen LogP) is 4.25. The summed E-state index contributed by atoms with van der Waals surface area (Å²) in [7, 11) is 0. The predicted molar refractivity (Wildman–Crippen MR) is 90.5 cm³/mol. The number of carbonyl (C=O) groups excluding carboxylic acids is 2. The quantitative estimate of drug-likeness (QED) is 0.533. The summed E-state index contributed by atoms with van der Waals surface area (Å²) >= 11 is 0. The maximum Gasteiger partial charge on any atom is 0.167 e. The highest BCUT2D eigenvalue weighted by Gasteiger charge is 2.55. The largest absolute Gasteiger partial charge is 0.303 e. The molecule has 0 bridgehead atoms. The fourth-order valence-electron chi connectivity index (χ4n) is 3.48. The molecule has 0 heterocycles. The van der Waals surface area contributed by atoms with Crippen molar-refractivity contribution in [3.05, 3.63) is 83.9 Å². The van der Waals surface area contributed by atoms with E-state index in [1.807, 2.05) is 48.5 Å². The second kappa shape index (κ2) is 5.47. The molecule has 3 aromatic rings. The molecular weight excluding hydrogens is 284 g/mol. The summed E-state index contributed by atoms with van der Waals surface area (Å²) in [5.74, 6) is -0.356. The summed E-state index contributed by atoms with van der Waals surface area (Å²) in [6.45, 7) is 0. The van der Waals surface area contributed by atoms with E-state index < -0.39 is 0 Å². The van der Waals surface area contributed by atoms with Crippen LogP contribution < -0.4 is 0 Å². The van der Waals surface area contributed by atoms with Crippen molar-refractivity contribution in [1.82, 2.24) is 0 Å². The minimum atomic E-state index is -0.226. The molecule has 0 N–H and O–H groups in total. The number of benzene rings is 3. The van der Waals surface area contributed by atoms with E-state index in [9.17, 15) is 9.59 Å². The number of rotatable bonds is 4. The second-order valence-electron chi connectivity index (χ2n) is 6.10. The van der Waals surface area contributed by atoms with Crippen LogP contribution in [0.1, 0.15) is 21.8 Å². The number of hydrogen-bond donors (Lipinski definition) is 0. The summed E-state index contributed by atoms with van der Waals surface area (Å²) < 4.78 is 0. The molecule has 0 amide bonds. The highest BCUT2D eigenvalue weighted by molar-refractivity contribution is 6.03. The molecule has 3 atom stereocenters. The lowest BCUT2D eigenvalue weighted by Crippen LogP contribution is -2.04. The van der Waals surface area contributed by atoms with E-state index >= 15 is 0 Å². The minimum absolute atomic E-state index is 0.00446. The normalized spacial score (nSPS) is 22.7. The number of hydrogen-bond acceptors (Lipinski definition) is 2. The van der Waals surface area contributed by atoms with E-state index in [1.54, 1.807) is 0 Å². The number of Topliss-reactive ketones (excluding diaryl/α,β-unsaturated/α-hetero) is 1. The Kier molecular flexibility index (Phi) is 3.30. The van der Waals surface area contributed by atoms with Gasteiger partial charge in [-0.05, 0) is 16.3 Å². The molecule has 2 heteroatoms. The number of ketones is 1. The van der Waals surface area contributed by atoms with Gasteiger partial charge in [0.1, 0.15) is 6.29 Å². The molecule has 4 rings (SSSR count). The van der Waals surface area contributed by atoms with Crippen LogP contribution in [0.3, 0.4) is 0 Å². The molecule has 0 spiro atoms. The molecule has 2 nitrogen and oxygen atoms in total. The SMILES string of the molecule is O=C[C@H]1[C@@H](C(=O)c2ccccc2)[C@@H]1c1ccc2ccccc2c1. The highest BCUT2D eigenvalue weighted by Crippen LogP contribution is 2.54. The van der Waals surface area contributed by atoms with E-state index in [0.29, 0.717) is 5.56 Å². The van der Waals surface area contributed by atoms with Crippen LogP contribution in [0.2, 0.25) is 0 Å². The van der Waals surface area contributed by atoms with Crippen LogP contribution in [0.25, 0.3) is 10.8 Å². The molecule has 1 saturated carbocycles. The summed E-state index contributed by atoms with van der Waals surface area (Å²) in [5, 5.41) is 2.32. The Morgan fingerprint density at radius 1 is 0.826 bits per heavy atom. The fraction of sp³-hybridized carbons (Fsp3) is 0.143. The number of aldehydes is 1. The van der Waals surface area contributed by atoms with Gasteiger partial charge in [-0.25, -0.2) is 0 Å². The fourth-order valence-corrected chi connectivity index (χ4v) is 3.48. The van der Waals surface area contributed by atoms with E-state index in [2.05, 4.69) is 24.3 Å². The monoisotopic (exact) mass is 300 g/mol. The Labute approximate surface area is 134 Å². The summed E-state index contributed by atoms with van der Waals surface area (Å²) in [4.78, 5) is 24.1. The molecule has 112 valence electrons. The second-order valence-corrected chi connectivity index (χ2v) is 6.10. The Bertz CT molecular complexity index is 882. The third-order valence-corrected chi connectivity index (χ3v) is 4.75. The van der Waals surface area contributed by atoms with Crippen molar-refractivity contribution in [3.63, 3.8) is 0 Å². The third kappa shape index (κ3) is 2.36. The number of fused-ring (bicyclic) bond motifs is 1. The Morgan fingerprint density at radius 3 is 2.26 bits per heavy atom. The molecule has 0 unspecified atom stereocenters. The lowest BCUT2D eigenvalue weighted by Gasteiger charge is -2.03. The molecule has 1 aliphatic rings. The molecule has 0 aliphatic heterocycles. The Hall–Kier alpha value is -2.74. The van der Waals surface area contributed by atoms with E-state index in [0.717, 1.165) is 17.2 Å². The maximum absolute atomic E-state index is 12.7. The molecule has 0 radical (unpaired) electrons. The molecule has 0 aromatic heterocycles. The van der Waals surface area contributed by atoms with Gasteiger partial charge in [-0.3, -0.25) is 4.79 Å². The maximum atomic E-state index is 12.7. The Balaban J connectivity index is 1.67. The van der Waals surface area contributed by atoms with Crippen LogP contribution in [0.15, 0.2) is 72.8 Å². The topological polar surface area (TPSA) is 34.1 Å². The first-order valence-corrected chi connectivity index (χ1v) is 7.83. The lowest BCUT2D eigenvalue weighted by atomic mass is 10.0. The average Bonchev–Trinajstić information content (AvgIpc) is 3.36. The van der Waals surface area contributed by atoms with Crippen molar-refractivity contribution in [2.24, 2.45) is 11.8 Å². The smallest absolute Gasteiger partial charge is 0.167 e. The average molecular weight is 300 g/mol. The first kappa shape index (κ1) is 13.9. The van der Waals surface area contributed by atoms with Gasteiger partial charge in [-0.2, -0.15) is 0 Å². The van der Waals surface area contributed by atoms with Gasteiger partial charge in [0.05, 0.1) is 0 Å². The summed E-state index contributed by atoms with van der Waals surface area (Å²) in [6, 6.07) is 23.6. The van der Waals surface area contributed by atoms with Crippen LogP contribution in [-0.4, -0.2) is 12.1 Å². The van der Waals surface area contributed by atoms with Crippen molar-refractivity contribution < 1.29 is 9.59 Å². The van der Waals surface area contributed by atoms with Crippen LogP contribution in [0, 0.1) is 11.8 Å². The van der Waals surface area contributed by atoms with Crippen LogP contribution >= 0.6 is 0 Å². The van der Waals surface area contributed by atoms with Crippen molar-refractivity contribution in [1.29, 1.82) is 0 Å². The third-order valence-electron chi connectivity index (χ3n) is 4.75. The summed E-state index contributed by atoms with van der Waals surface area (Å²) in [5.41, 5.74) is 1.77. The van der Waals surface area contributed by atoms with Crippen molar-refractivity contribution in [3.8, 4) is 0 Å². The van der Waals surface area contributed by atoms with Crippen molar-refractivity contribution >= 4 is 22.8 Å². The van der Waals surface area contributed by atoms with Gasteiger partial charge >= 0.3 is 0 Å². The van der Waals surface area contributed by atoms with E-state index in [1.165, 1.54) is 5.39 Å². The standard InChI is InChI=1S/C21H16O2/c22-13-18-19(20(18)21(23)15-7-2-1-3-8-15)17-11-10-14-6-4-5-9-16(14)12-17/h1-13,18-20H/t18-,19-,20-/m1/s1. The van der Waals surface area contributed by atoms with Crippen molar-refractivity contribution in [2.75, 3.05) is 0 Å². The zero-order valence-electron chi connectivity index (χ0n) is 12.6. The van der Waals surface area contributed by atoms with Gasteiger partial charge in [0.25, 0.3) is 0 Å².